The van der Waals surface area contributed by atoms with Gasteiger partial charge in [0.05, 0.1) is 0 Å². The van der Waals surface area contributed by atoms with Crippen LogP contribution in [0.5, 0.6) is 0 Å². The highest BCUT2D eigenvalue weighted by molar-refractivity contribution is 9.13. The molecule has 1 atom stereocenters. The van der Waals surface area contributed by atoms with Crippen LogP contribution in [-0.2, 0) is 11.3 Å². The van der Waals surface area contributed by atoms with Crippen LogP contribution in [0, 0.1) is 6.92 Å². The Balaban J connectivity index is 2.69. The minimum absolute atomic E-state index is 0.373. The monoisotopic (exact) mass is 339 g/mol. The Morgan fingerprint density at radius 2 is 2.27 bits per heavy atom. The Kier molecular flexibility index (Phi) is 4.30. The van der Waals surface area contributed by atoms with Gasteiger partial charge in [-0.05, 0) is 45.2 Å². The fraction of sp³-hybridized carbons (Fsp3) is 0.500. The Bertz CT molecular complexity index is 378. The maximum absolute atomic E-state index is 10.5. The van der Waals surface area contributed by atoms with Gasteiger partial charge < -0.3 is 15.4 Å². The second kappa shape index (κ2) is 5.09. The van der Waals surface area contributed by atoms with Crippen molar-refractivity contribution in [3.05, 3.63) is 15.0 Å². The third-order valence-electron chi connectivity index (χ3n) is 2.04. The number of hydrogen-bond donors (Lipinski definition) is 2. The molecule has 3 N–H and O–H groups in total. The van der Waals surface area contributed by atoms with Crippen molar-refractivity contribution in [3.8, 4) is 0 Å². The summed E-state index contributed by atoms with van der Waals surface area (Å²) in [5, 5.41) is 8.63. The number of aromatic nitrogens is 2. The molecule has 0 aliphatic heterocycles. The summed E-state index contributed by atoms with van der Waals surface area (Å²) in [6.07, 6.45) is 0.373. The molecule has 1 rings (SSSR count). The largest absolute Gasteiger partial charge is 0.480 e. The topological polar surface area (TPSA) is 81.1 Å². The molecular formula is C8H11Br2N3O2. The number of imidazole rings is 1. The third kappa shape index (κ3) is 3.02. The maximum atomic E-state index is 10.5. The molecule has 0 bridgehead atoms. The molecule has 5 nitrogen and oxygen atoms in total. The summed E-state index contributed by atoms with van der Waals surface area (Å²) in [6.45, 7) is 2.38. The first-order valence-electron chi connectivity index (χ1n) is 4.30. The van der Waals surface area contributed by atoms with Gasteiger partial charge in [-0.25, -0.2) is 4.98 Å². The van der Waals surface area contributed by atoms with Crippen LogP contribution in [0.2, 0.25) is 0 Å². The SMILES string of the molecule is Cc1nc(Br)c(Br)n1CCC(N)C(=O)O. The van der Waals surface area contributed by atoms with Gasteiger partial charge in [0.25, 0.3) is 0 Å². The number of hydrogen-bond acceptors (Lipinski definition) is 3. The van der Waals surface area contributed by atoms with Crippen LogP contribution in [0.4, 0.5) is 0 Å². The smallest absolute Gasteiger partial charge is 0.320 e. The number of aliphatic carboxylic acids is 1. The molecule has 0 saturated heterocycles. The normalized spacial score (nSPS) is 12.8. The Labute approximate surface area is 104 Å². The van der Waals surface area contributed by atoms with Crippen LogP contribution in [0.3, 0.4) is 0 Å². The van der Waals surface area contributed by atoms with Crippen LogP contribution < -0.4 is 5.73 Å². The standard InChI is InChI=1S/C8H11Br2N3O2/c1-4-12-6(9)7(10)13(4)3-2-5(11)8(14)15/h5H,2-3,11H2,1H3,(H,14,15). The van der Waals surface area contributed by atoms with E-state index >= 15 is 0 Å². The molecular weight excluding hydrogens is 330 g/mol. The molecule has 7 heteroatoms. The quantitative estimate of drug-likeness (QED) is 0.870. The molecule has 0 aromatic carbocycles. The van der Waals surface area contributed by atoms with Gasteiger partial charge in [0.15, 0.2) is 0 Å². The fourth-order valence-corrected chi connectivity index (χ4v) is 2.15. The molecule has 1 heterocycles. The molecule has 1 unspecified atom stereocenters. The molecule has 0 amide bonds. The number of nitrogens with zero attached hydrogens (tertiary/aromatic N) is 2. The zero-order chi connectivity index (χ0) is 11.6. The van der Waals surface area contributed by atoms with Crippen LogP contribution in [0.25, 0.3) is 0 Å². The van der Waals surface area contributed by atoms with Crippen molar-refractivity contribution in [2.75, 3.05) is 0 Å². The van der Waals surface area contributed by atoms with Gasteiger partial charge in [-0.15, -0.1) is 0 Å². The summed E-state index contributed by atoms with van der Waals surface area (Å²) in [7, 11) is 0. The number of rotatable bonds is 4. The molecule has 0 fully saturated rings. The lowest BCUT2D eigenvalue weighted by Crippen LogP contribution is -2.31. The van der Waals surface area contributed by atoms with E-state index in [9.17, 15) is 4.79 Å². The van der Waals surface area contributed by atoms with Crippen LogP contribution in [0.15, 0.2) is 9.21 Å². The number of carboxylic acid groups (broad SMARTS) is 1. The Hall–Kier alpha value is -0.400. The van der Waals surface area contributed by atoms with E-state index in [1.807, 2.05) is 11.5 Å². The van der Waals surface area contributed by atoms with Gasteiger partial charge in [-0.2, -0.15) is 0 Å². The lowest BCUT2D eigenvalue weighted by Gasteiger charge is -2.09. The number of halogens is 2. The van der Waals surface area contributed by atoms with Crippen molar-refractivity contribution in [1.82, 2.24) is 9.55 Å². The molecule has 1 aromatic rings. The predicted molar refractivity (Wildman–Crippen MR) is 62.6 cm³/mol. The lowest BCUT2D eigenvalue weighted by atomic mass is 10.2. The number of carbonyl (C=O) groups is 1. The summed E-state index contributed by atoms with van der Waals surface area (Å²) in [6, 6.07) is -0.836. The molecule has 0 aliphatic rings. The highest BCUT2D eigenvalue weighted by atomic mass is 79.9. The molecule has 0 spiro atoms. The van der Waals surface area contributed by atoms with Crippen molar-refractivity contribution in [2.45, 2.75) is 25.9 Å². The van der Waals surface area contributed by atoms with Gasteiger partial charge in [0.1, 0.15) is 21.1 Å². The number of aryl methyl sites for hydroxylation is 1. The second-order valence-corrected chi connectivity index (χ2v) is 4.63. The summed E-state index contributed by atoms with van der Waals surface area (Å²) in [4.78, 5) is 14.7. The van der Waals surface area contributed by atoms with Crippen molar-refractivity contribution < 1.29 is 9.90 Å². The van der Waals surface area contributed by atoms with Crippen molar-refractivity contribution in [1.29, 1.82) is 0 Å². The lowest BCUT2D eigenvalue weighted by molar-refractivity contribution is -0.138. The van der Waals surface area contributed by atoms with Gasteiger partial charge in [0, 0.05) is 6.54 Å². The summed E-state index contributed by atoms with van der Waals surface area (Å²) < 4.78 is 3.38. The van der Waals surface area contributed by atoms with E-state index in [1.165, 1.54) is 0 Å². The first-order valence-corrected chi connectivity index (χ1v) is 5.88. The first kappa shape index (κ1) is 12.7. The van der Waals surface area contributed by atoms with Crippen LogP contribution in [-0.4, -0.2) is 26.7 Å². The van der Waals surface area contributed by atoms with E-state index in [0.717, 1.165) is 10.4 Å². The predicted octanol–water partition coefficient (Wildman–Crippen LogP) is 1.52. The zero-order valence-corrected chi connectivity index (χ0v) is 11.2. The molecule has 15 heavy (non-hydrogen) atoms. The van der Waals surface area contributed by atoms with Gasteiger partial charge in [-0.1, -0.05) is 0 Å². The molecule has 0 radical (unpaired) electrons. The van der Waals surface area contributed by atoms with Crippen molar-refractivity contribution in [3.63, 3.8) is 0 Å². The van der Waals surface area contributed by atoms with E-state index in [0.29, 0.717) is 17.6 Å². The van der Waals surface area contributed by atoms with E-state index in [4.69, 9.17) is 10.8 Å². The summed E-state index contributed by atoms with van der Waals surface area (Å²) in [5.41, 5.74) is 5.41. The summed E-state index contributed by atoms with van der Waals surface area (Å²) in [5.74, 6) is -0.172. The van der Waals surface area contributed by atoms with Crippen LogP contribution in [0.1, 0.15) is 12.2 Å². The van der Waals surface area contributed by atoms with E-state index in [2.05, 4.69) is 36.8 Å². The summed E-state index contributed by atoms with van der Waals surface area (Å²) >= 11 is 6.63. The second-order valence-electron chi connectivity index (χ2n) is 3.13. The molecule has 1 aromatic heterocycles. The number of carboxylic acids is 1. The first-order chi connectivity index (χ1) is 6.93. The van der Waals surface area contributed by atoms with E-state index in [1.54, 1.807) is 0 Å². The maximum Gasteiger partial charge on any atom is 0.320 e. The van der Waals surface area contributed by atoms with Crippen molar-refractivity contribution in [2.24, 2.45) is 5.73 Å². The fourth-order valence-electron chi connectivity index (χ4n) is 1.15. The number of nitrogens with two attached hydrogens (primary N) is 1. The molecule has 0 aliphatic carbocycles. The van der Waals surface area contributed by atoms with Gasteiger partial charge in [0.2, 0.25) is 0 Å². The Morgan fingerprint density at radius 1 is 1.67 bits per heavy atom. The highest BCUT2D eigenvalue weighted by Crippen LogP contribution is 2.23. The minimum Gasteiger partial charge on any atom is -0.480 e. The van der Waals surface area contributed by atoms with Gasteiger partial charge in [-0.3, -0.25) is 4.79 Å². The van der Waals surface area contributed by atoms with Crippen molar-refractivity contribution >= 4 is 37.8 Å². The zero-order valence-electron chi connectivity index (χ0n) is 8.07. The molecule has 0 saturated carbocycles. The third-order valence-corrected chi connectivity index (χ3v) is 3.93. The van der Waals surface area contributed by atoms with E-state index in [-0.39, 0.29) is 0 Å². The Morgan fingerprint density at radius 3 is 2.67 bits per heavy atom. The van der Waals surface area contributed by atoms with Gasteiger partial charge >= 0.3 is 5.97 Å². The van der Waals surface area contributed by atoms with Crippen LogP contribution >= 0.6 is 31.9 Å². The average molecular weight is 341 g/mol. The average Bonchev–Trinajstić information content (AvgIpc) is 2.38. The molecule has 84 valence electrons. The van der Waals surface area contributed by atoms with E-state index < -0.39 is 12.0 Å². The highest BCUT2D eigenvalue weighted by Gasteiger charge is 2.14. The minimum atomic E-state index is -0.983.